The van der Waals surface area contributed by atoms with Crippen LogP contribution >= 0.6 is 11.6 Å². The summed E-state index contributed by atoms with van der Waals surface area (Å²) in [7, 11) is 0. The molecule has 1 aromatic heterocycles. The van der Waals surface area contributed by atoms with Crippen molar-refractivity contribution in [2.24, 2.45) is 0 Å². The van der Waals surface area contributed by atoms with Crippen LogP contribution < -0.4 is 11.0 Å². The van der Waals surface area contributed by atoms with E-state index in [9.17, 15) is 9.59 Å². The van der Waals surface area contributed by atoms with Crippen LogP contribution in [0.2, 0.25) is 5.02 Å². The largest absolute Gasteiger partial charge is 0.341 e. The lowest BCUT2D eigenvalue weighted by atomic mass is 9.88. The molecule has 5 nitrogen and oxygen atoms in total. The zero-order chi connectivity index (χ0) is 15.7. The maximum Gasteiger partial charge on any atom is 0.323 e. The van der Waals surface area contributed by atoms with Gasteiger partial charge < -0.3 is 15.3 Å². The Morgan fingerprint density at radius 2 is 2.00 bits per heavy atom. The Morgan fingerprint density at radius 1 is 1.27 bits per heavy atom. The van der Waals surface area contributed by atoms with Crippen LogP contribution in [-0.2, 0) is 5.54 Å². The minimum Gasteiger partial charge on any atom is -0.341 e. The Hall–Kier alpha value is -2.01. The first-order valence-corrected chi connectivity index (χ1v) is 7.75. The highest BCUT2D eigenvalue weighted by molar-refractivity contribution is 6.30. The molecule has 1 aromatic carbocycles. The van der Waals surface area contributed by atoms with Gasteiger partial charge in [0.05, 0.1) is 5.54 Å². The first-order chi connectivity index (χ1) is 10.5. The molecule has 1 fully saturated rings. The summed E-state index contributed by atoms with van der Waals surface area (Å²) >= 11 is 6.10. The molecule has 0 saturated heterocycles. The van der Waals surface area contributed by atoms with Crippen molar-refractivity contribution in [1.82, 2.24) is 15.3 Å². The normalized spacial score (nSPS) is 16.6. The number of carbonyl (C=O) groups is 1. The Morgan fingerprint density at radius 3 is 2.59 bits per heavy atom. The first kappa shape index (κ1) is 14.9. The molecule has 3 rings (SSSR count). The summed E-state index contributed by atoms with van der Waals surface area (Å²) in [6, 6.07) is 7.61. The average Bonchev–Trinajstić information content (AvgIpc) is 3.06. The molecule has 0 spiro atoms. The third-order valence-electron chi connectivity index (χ3n) is 4.33. The Labute approximate surface area is 133 Å². The molecule has 1 saturated carbocycles. The molecule has 1 aliphatic carbocycles. The van der Waals surface area contributed by atoms with Gasteiger partial charge in [0.25, 0.3) is 5.91 Å². The Balaban J connectivity index is 1.94. The van der Waals surface area contributed by atoms with Crippen molar-refractivity contribution < 1.29 is 4.79 Å². The standard InChI is InChI=1S/C16H18ClN3O2/c1-10-13(19-15(22)18-10)14(21)20-16(7-2-3-8-16)11-5-4-6-12(17)9-11/h4-6,9H,2-3,7-8H2,1H3,(H,20,21)(H2,18,19,22). The van der Waals surface area contributed by atoms with Crippen LogP contribution in [0.4, 0.5) is 0 Å². The predicted molar refractivity (Wildman–Crippen MR) is 85.2 cm³/mol. The molecule has 1 amide bonds. The van der Waals surface area contributed by atoms with Gasteiger partial charge in [-0.1, -0.05) is 36.6 Å². The van der Waals surface area contributed by atoms with Gasteiger partial charge in [-0.3, -0.25) is 4.79 Å². The monoisotopic (exact) mass is 319 g/mol. The topological polar surface area (TPSA) is 77.8 Å². The lowest BCUT2D eigenvalue weighted by Gasteiger charge is -2.31. The third kappa shape index (κ3) is 2.68. The summed E-state index contributed by atoms with van der Waals surface area (Å²) < 4.78 is 0. The van der Waals surface area contributed by atoms with Crippen molar-refractivity contribution in [3.05, 3.63) is 56.7 Å². The van der Waals surface area contributed by atoms with E-state index in [-0.39, 0.29) is 11.6 Å². The number of amides is 1. The molecule has 2 aromatic rings. The quantitative estimate of drug-likeness (QED) is 0.813. The minimum absolute atomic E-state index is 0.266. The van der Waals surface area contributed by atoms with Gasteiger partial charge in [-0.2, -0.15) is 0 Å². The van der Waals surface area contributed by atoms with Crippen LogP contribution in [0.1, 0.15) is 47.4 Å². The van der Waals surface area contributed by atoms with Crippen molar-refractivity contribution >= 4 is 17.5 Å². The van der Waals surface area contributed by atoms with Crippen LogP contribution in [0.5, 0.6) is 0 Å². The maximum absolute atomic E-state index is 12.6. The van der Waals surface area contributed by atoms with E-state index in [1.165, 1.54) is 0 Å². The molecule has 6 heteroatoms. The highest BCUT2D eigenvalue weighted by Gasteiger charge is 2.37. The number of nitrogens with one attached hydrogen (secondary N) is 3. The molecular weight excluding hydrogens is 302 g/mol. The second-order valence-corrected chi connectivity index (χ2v) is 6.27. The number of rotatable bonds is 3. The number of aryl methyl sites for hydroxylation is 1. The van der Waals surface area contributed by atoms with Crippen LogP contribution in [0, 0.1) is 6.92 Å². The Bertz CT molecular complexity index is 757. The second-order valence-electron chi connectivity index (χ2n) is 5.83. The van der Waals surface area contributed by atoms with Gasteiger partial charge >= 0.3 is 5.69 Å². The number of aromatic nitrogens is 2. The van der Waals surface area contributed by atoms with E-state index in [0.29, 0.717) is 16.4 Å². The van der Waals surface area contributed by atoms with Crippen molar-refractivity contribution in [3.63, 3.8) is 0 Å². The number of hydrogen-bond donors (Lipinski definition) is 3. The average molecular weight is 320 g/mol. The van der Waals surface area contributed by atoms with E-state index in [4.69, 9.17) is 11.6 Å². The smallest absolute Gasteiger partial charge is 0.323 e. The maximum atomic E-state index is 12.6. The Kier molecular flexibility index (Phi) is 3.83. The van der Waals surface area contributed by atoms with Gasteiger partial charge in [-0.15, -0.1) is 0 Å². The zero-order valence-electron chi connectivity index (χ0n) is 12.3. The summed E-state index contributed by atoms with van der Waals surface area (Å²) in [5, 5.41) is 3.78. The number of H-pyrrole nitrogens is 2. The lowest BCUT2D eigenvalue weighted by Crippen LogP contribution is -2.44. The highest BCUT2D eigenvalue weighted by Crippen LogP contribution is 2.39. The van der Waals surface area contributed by atoms with E-state index in [1.807, 2.05) is 24.3 Å². The van der Waals surface area contributed by atoms with Crippen molar-refractivity contribution in [3.8, 4) is 0 Å². The van der Waals surface area contributed by atoms with Crippen LogP contribution in [0.15, 0.2) is 29.1 Å². The molecule has 1 heterocycles. The van der Waals surface area contributed by atoms with Crippen molar-refractivity contribution in [1.29, 1.82) is 0 Å². The molecule has 116 valence electrons. The summed E-state index contributed by atoms with van der Waals surface area (Å²) in [5.74, 6) is -0.266. The number of aromatic amines is 2. The minimum atomic E-state index is -0.414. The van der Waals surface area contributed by atoms with Gasteiger partial charge in [-0.05, 0) is 37.5 Å². The van der Waals surface area contributed by atoms with Crippen molar-refractivity contribution in [2.45, 2.75) is 38.1 Å². The molecule has 0 aliphatic heterocycles. The van der Waals surface area contributed by atoms with E-state index in [0.717, 1.165) is 31.2 Å². The number of benzene rings is 1. The van der Waals surface area contributed by atoms with Gasteiger partial charge in [0.1, 0.15) is 5.69 Å². The van der Waals surface area contributed by atoms with Gasteiger partial charge in [0, 0.05) is 10.7 Å². The predicted octanol–water partition coefficient (Wildman–Crippen LogP) is 2.86. The summed E-state index contributed by atoms with van der Waals surface area (Å²) in [5.41, 5.74) is 1.06. The molecule has 0 unspecified atom stereocenters. The van der Waals surface area contributed by atoms with Crippen molar-refractivity contribution in [2.75, 3.05) is 0 Å². The van der Waals surface area contributed by atoms with E-state index < -0.39 is 5.54 Å². The fourth-order valence-electron chi connectivity index (χ4n) is 3.23. The fourth-order valence-corrected chi connectivity index (χ4v) is 3.42. The summed E-state index contributed by atoms with van der Waals surface area (Å²) in [6.07, 6.45) is 3.84. The summed E-state index contributed by atoms with van der Waals surface area (Å²) in [6.45, 7) is 1.70. The highest BCUT2D eigenvalue weighted by atomic mass is 35.5. The molecule has 3 N–H and O–H groups in total. The fraction of sp³-hybridized carbons (Fsp3) is 0.375. The first-order valence-electron chi connectivity index (χ1n) is 7.38. The molecule has 0 atom stereocenters. The van der Waals surface area contributed by atoms with E-state index in [1.54, 1.807) is 6.92 Å². The molecule has 1 aliphatic rings. The third-order valence-corrected chi connectivity index (χ3v) is 4.56. The number of imidazole rings is 1. The molecular formula is C16H18ClN3O2. The van der Waals surface area contributed by atoms with Crippen LogP contribution in [0.3, 0.4) is 0 Å². The summed E-state index contributed by atoms with van der Waals surface area (Å²) in [4.78, 5) is 29.0. The van der Waals surface area contributed by atoms with Crippen LogP contribution in [-0.4, -0.2) is 15.9 Å². The number of carbonyl (C=O) groups excluding carboxylic acids is 1. The number of halogens is 1. The molecule has 22 heavy (non-hydrogen) atoms. The van der Waals surface area contributed by atoms with Gasteiger partial charge in [0.2, 0.25) is 0 Å². The second kappa shape index (κ2) is 5.65. The van der Waals surface area contributed by atoms with Gasteiger partial charge in [0.15, 0.2) is 0 Å². The number of hydrogen-bond acceptors (Lipinski definition) is 2. The van der Waals surface area contributed by atoms with E-state index >= 15 is 0 Å². The van der Waals surface area contributed by atoms with Crippen LogP contribution in [0.25, 0.3) is 0 Å². The SMILES string of the molecule is Cc1[nH]c(=O)[nH]c1C(=O)NC1(c2cccc(Cl)c2)CCCC1. The van der Waals surface area contributed by atoms with Gasteiger partial charge in [-0.25, -0.2) is 4.79 Å². The molecule has 0 bridgehead atoms. The zero-order valence-corrected chi connectivity index (χ0v) is 13.1. The lowest BCUT2D eigenvalue weighted by molar-refractivity contribution is 0.0892. The molecule has 0 radical (unpaired) electrons. The van der Waals surface area contributed by atoms with E-state index in [2.05, 4.69) is 15.3 Å².